The Morgan fingerprint density at radius 3 is 2.55 bits per heavy atom. The first kappa shape index (κ1) is 16.9. The molecule has 1 aromatic carbocycles. The highest BCUT2D eigenvalue weighted by atomic mass is 32.2. The van der Waals surface area contributed by atoms with Gasteiger partial charge in [-0.2, -0.15) is 11.8 Å². The van der Waals surface area contributed by atoms with Crippen LogP contribution in [-0.4, -0.2) is 30.6 Å². The second kappa shape index (κ2) is 7.58. The van der Waals surface area contributed by atoms with Crippen molar-refractivity contribution in [2.24, 2.45) is 5.41 Å². The van der Waals surface area contributed by atoms with E-state index >= 15 is 0 Å². The van der Waals surface area contributed by atoms with Crippen LogP contribution in [0.1, 0.15) is 38.1 Å². The Labute approximate surface area is 126 Å². The van der Waals surface area contributed by atoms with Crippen molar-refractivity contribution in [2.45, 2.75) is 32.9 Å². The van der Waals surface area contributed by atoms with Crippen molar-refractivity contribution in [2.75, 3.05) is 19.4 Å². The number of amides is 1. The predicted molar refractivity (Wildman–Crippen MR) is 86.7 cm³/mol. The number of hydrogen-bond donors (Lipinski definition) is 1. The van der Waals surface area contributed by atoms with Crippen LogP contribution in [0.15, 0.2) is 24.3 Å². The van der Waals surface area contributed by atoms with E-state index in [0.29, 0.717) is 29.7 Å². The number of para-hydroxylation sites is 1. The quantitative estimate of drug-likeness (QED) is 0.871. The Balaban J connectivity index is 2.72. The number of carbonyl (C=O) groups is 1. The van der Waals surface area contributed by atoms with Gasteiger partial charge >= 0.3 is 0 Å². The zero-order chi connectivity index (χ0) is 15.2. The molecule has 1 unspecified atom stereocenters. The Morgan fingerprint density at radius 1 is 1.35 bits per heavy atom. The molecule has 0 saturated heterocycles. The molecule has 1 amide bonds. The molecule has 0 aliphatic heterocycles. The maximum absolute atomic E-state index is 12.3. The van der Waals surface area contributed by atoms with Gasteiger partial charge in [0.1, 0.15) is 5.75 Å². The van der Waals surface area contributed by atoms with E-state index in [1.165, 1.54) is 0 Å². The maximum Gasteiger partial charge on any atom is 0.255 e. The van der Waals surface area contributed by atoms with Crippen LogP contribution in [0.4, 0.5) is 0 Å². The van der Waals surface area contributed by atoms with Crippen LogP contribution in [0.5, 0.6) is 5.75 Å². The van der Waals surface area contributed by atoms with E-state index in [4.69, 9.17) is 4.74 Å². The van der Waals surface area contributed by atoms with Crippen molar-refractivity contribution >= 4 is 17.7 Å². The summed E-state index contributed by atoms with van der Waals surface area (Å²) in [6.45, 7) is 9.69. The molecule has 0 aromatic heterocycles. The van der Waals surface area contributed by atoms with Gasteiger partial charge in [0.2, 0.25) is 0 Å². The first-order valence-electron chi connectivity index (χ1n) is 6.93. The summed E-state index contributed by atoms with van der Waals surface area (Å²) in [5.41, 5.74) is 0.759. The normalized spacial score (nSPS) is 12.8. The van der Waals surface area contributed by atoms with Gasteiger partial charge in [-0.1, -0.05) is 32.9 Å². The van der Waals surface area contributed by atoms with E-state index in [1.54, 1.807) is 17.8 Å². The molecule has 1 atom stereocenters. The zero-order valence-corrected chi connectivity index (χ0v) is 13.8. The van der Waals surface area contributed by atoms with Gasteiger partial charge in [0.25, 0.3) is 5.91 Å². The van der Waals surface area contributed by atoms with Crippen molar-refractivity contribution in [3.8, 4) is 5.75 Å². The van der Waals surface area contributed by atoms with E-state index in [9.17, 15) is 4.79 Å². The van der Waals surface area contributed by atoms with Crippen molar-refractivity contribution in [1.82, 2.24) is 5.32 Å². The molecule has 0 bridgehead atoms. The van der Waals surface area contributed by atoms with Crippen LogP contribution in [-0.2, 0) is 0 Å². The van der Waals surface area contributed by atoms with E-state index in [2.05, 4.69) is 32.3 Å². The van der Waals surface area contributed by atoms with Crippen LogP contribution in [0.25, 0.3) is 0 Å². The number of ether oxygens (including phenoxy) is 1. The molecule has 1 N–H and O–H groups in total. The lowest BCUT2D eigenvalue weighted by Crippen LogP contribution is -2.37. The van der Waals surface area contributed by atoms with Gasteiger partial charge in [-0.15, -0.1) is 0 Å². The molecule has 112 valence electrons. The topological polar surface area (TPSA) is 38.3 Å². The highest BCUT2D eigenvalue weighted by molar-refractivity contribution is 7.99. The van der Waals surface area contributed by atoms with Crippen LogP contribution in [0.3, 0.4) is 0 Å². The number of benzene rings is 1. The second-order valence-electron chi connectivity index (χ2n) is 5.73. The molecule has 0 aliphatic carbocycles. The Hall–Kier alpha value is -1.16. The van der Waals surface area contributed by atoms with Gasteiger partial charge in [0, 0.05) is 11.8 Å². The van der Waals surface area contributed by atoms with Crippen molar-refractivity contribution in [3.63, 3.8) is 0 Å². The molecular weight excluding hydrogens is 270 g/mol. The van der Waals surface area contributed by atoms with Crippen LogP contribution in [0, 0.1) is 5.41 Å². The third-order valence-electron chi connectivity index (χ3n) is 3.13. The molecule has 4 heteroatoms. The highest BCUT2D eigenvalue weighted by Gasteiger charge is 2.24. The lowest BCUT2D eigenvalue weighted by molar-refractivity contribution is 0.0947. The van der Waals surface area contributed by atoms with Gasteiger partial charge < -0.3 is 10.1 Å². The Bertz CT molecular complexity index is 440. The zero-order valence-electron chi connectivity index (χ0n) is 13.0. The van der Waals surface area contributed by atoms with Gasteiger partial charge in [-0.3, -0.25) is 4.79 Å². The third kappa shape index (κ3) is 4.75. The van der Waals surface area contributed by atoms with Crippen LogP contribution < -0.4 is 10.1 Å². The molecule has 0 aliphatic rings. The smallest absolute Gasteiger partial charge is 0.255 e. The van der Waals surface area contributed by atoms with Crippen LogP contribution >= 0.6 is 11.8 Å². The number of hydrogen-bond acceptors (Lipinski definition) is 3. The minimum Gasteiger partial charge on any atom is -0.493 e. The van der Waals surface area contributed by atoms with Gasteiger partial charge in [0.15, 0.2) is 0 Å². The number of carbonyl (C=O) groups excluding carboxylic acids is 1. The van der Waals surface area contributed by atoms with Gasteiger partial charge in [-0.05, 0) is 30.7 Å². The third-order valence-corrected chi connectivity index (χ3v) is 4.57. The first-order chi connectivity index (χ1) is 9.40. The number of rotatable bonds is 6. The number of thioether (sulfide) groups is 1. The summed E-state index contributed by atoms with van der Waals surface area (Å²) in [5.74, 6) is 0.571. The van der Waals surface area contributed by atoms with Gasteiger partial charge in [0.05, 0.1) is 12.2 Å². The molecule has 0 heterocycles. The SMILES string of the molecule is CCOc1ccccc1C(=O)NCC(SC)C(C)(C)C. The number of nitrogens with one attached hydrogen (secondary N) is 1. The summed E-state index contributed by atoms with van der Waals surface area (Å²) in [6, 6.07) is 7.36. The second-order valence-corrected chi connectivity index (χ2v) is 6.77. The standard InChI is InChI=1S/C16H25NO2S/c1-6-19-13-10-8-7-9-12(13)15(18)17-11-14(20-5)16(2,3)4/h7-10,14H,6,11H2,1-5H3,(H,17,18). The first-order valence-corrected chi connectivity index (χ1v) is 8.21. The fourth-order valence-corrected chi connectivity index (χ4v) is 2.92. The molecule has 0 saturated carbocycles. The summed E-state index contributed by atoms with van der Waals surface area (Å²) < 4.78 is 5.49. The molecule has 0 fully saturated rings. The van der Waals surface area contributed by atoms with Crippen molar-refractivity contribution in [1.29, 1.82) is 0 Å². The van der Waals surface area contributed by atoms with E-state index in [-0.39, 0.29) is 11.3 Å². The molecule has 0 radical (unpaired) electrons. The molecule has 1 rings (SSSR count). The Morgan fingerprint density at radius 2 is 2.00 bits per heavy atom. The predicted octanol–water partition coefficient (Wildman–Crippen LogP) is 3.59. The van der Waals surface area contributed by atoms with Gasteiger partial charge in [-0.25, -0.2) is 0 Å². The average Bonchev–Trinajstić information content (AvgIpc) is 2.38. The van der Waals surface area contributed by atoms with E-state index in [0.717, 1.165) is 0 Å². The summed E-state index contributed by atoms with van der Waals surface area (Å²) in [6.07, 6.45) is 2.08. The molecule has 3 nitrogen and oxygen atoms in total. The average molecular weight is 295 g/mol. The lowest BCUT2D eigenvalue weighted by Gasteiger charge is -2.29. The summed E-state index contributed by atoms with van der Waals surface area (Å²) in [5, 5.41) is 3.40. The highest BCUT2D eigenvalue weighted by Crippen LogP contribution is 2.28. The molecule has 0 spiro atoms. The van der Waals surface area contributed by atoms with Crippen LogP contribution in [0.2, 0.25) is 0 Å². The minimum atomic E-state index is -0.0719. The minimum absolute atomic E-state index is 0.0719. The maximum atomic E-state index is 12.3. The summed E-state index contributed by atoms with van der Waals surface area (Å²) in [4.78, 5) is 12.3. The fourth-order valence-electron chi connectivity index (χ4n) is 1.96. The van der Waals surface area contributed by atoms with E-state index in [1.807, 2.05) is 25.1 Å². The summed E-state index contributed by atoms with van der Waals surface area (Å²) >= 11 is 1.78. The molecular formula is C16H25NO2S. The lowest BCUT2D eigenvalue weighted by atomic mass is 9.91. The largest absolute Gasteiger partial charge is 0.493 e. The molecule has 20 heavy (non-hydrogen) atoms. The Kier molecular flexibility index (Phi) is 6.40. The summed E-state index contributed by atoms with van der Waals surface area (Å²) in [7, 11) is 0. The fraction of sp³-hybridized carbons (Fsp3) is 0.562. The molecule has 1 aromatic rings. The monoisotopic (exact) mass is 295 g/mol. The van der Waals surface area contributed by atoms with Crippen molar-refractivity contribution in [3.05, 3.63) is 29.8 Å². The van der Waals surface area contributed by atoms with Crippen molar-refractivity contribution < 1.29 is 9.53 Å². The van der Waals surface area contributed by atoms with E-state index < -0.39 is 0 Å².